The molecule has 116 valence electrons. The van der Waals surface area contributed by atoms with Gasteiger partial charge in [0.25, 0.3) is 0 Å². The van der Waals surface area contributed by atoms with Crippen LogP contribution in [0.1, 0.15) is 63.9 Å². The van der Waals surface area contributed by atoms with Crippen LogP contribution in [0.4, 0.5) is 0 Å². The summed E-state index contributed by atoms with van der Waals surface area (Å²) in [5, 5.41) is 0. The van der Waals surface area contributed by atoms with Gasteiger partial charge in [-0.25, -0.2) is 4.98 Å². The summed E-state index contributed by atoms with van der Waals surface area (Å²) in [5.41, 5.74) is 3.21. The third-order valence-corrected chi connectivity index (χ3v) is 4.30. The molecule has 1 N–H and O–H groups in total. The fraction of sp³-hybridized carbons (Fsp3) is 0.647. The summed E-state index contributed by atoms with van der Waals surface area (Å²) in [4.78, 5) is 7.77. The molecular weight excluding hydrogens is 278 g/mol. The van der Waals surface area contributed by atoms with Gasteiger partial charge in [-0.2, -0.15) is 0 Å². The van der Waals surface area contributed by atoms with Crippen LogP contribution in [-0.2, 0) is 6.54 Å². The molecule has 0 aliphatic heterocycles. The van der Waals surface area contributed by atoms with Gasteiger partial charge in [-0.15, -0.1) is 0 Å². The number of aryl methyl sites for hydroxylation is 2. The molecule has 0 bridgehead atoms. The van der Waals surface area contributed by atoms with Gasteiger partial charge < -0.3 is 9.55 Å². The van der Waals surface area contributed by atoms with Gasteiger partial charge in [-0.05, 0) is 37.2 Å². The Morgan fingerprint density at radius 2 is 1.76 bits per heavy atom. The predicted molar refractivity (Wildman–Crippen MR) is 92.3 cm³/mol. The Morgan fingerprint density at radius 1 is 1.10 bits per heavy atom. The molecule has 2 rings (SSSR count). The highest BCUT2D eigenvalue weighted by atomic mass is 32.1. The van der Waals surface area contributed by atoms with Crippen molar-refractivity contribution in [1.82, 2.24) is 14.5 Å². The van der Waals surface area contributed by atoms with Crippen LogP contribution in [0.25, 0.3) is 11.2 Å². The van der Waals surface area contributed by atoms with Crippen molar-refractivity contribution in [3.63, 3.8) is 0 Å². The smallest absolute Gasteiger partial charge is 0.179 e. The van der Waals surface area contributed by atoms with Crippen molar-refractivity contribution in [3.8, 4) is 0 Å². The van der Waals surface area contributed by atoms with Crippen molar-refractivity contribution in [2.75, 3.05) is 0 Å². The summed E-state index contributed by atoms with van der Waals surface area (Å²) in [5.74, 6) is 0. The van der Waals surface area contributed by atoms with Crippen LogP contribution < -0.4 is 0 Å². The van der Waals surface area contributed by atoms with E-state index in [1.807, 2.05) is 6.20 Å². The van der Waals surface area contributed by atoms with Gasteiger partial charge in [0.2, 0.25) is 0 Å². The summed E-state index contributed by atoms with van der Waals surface area (Å²) >= 11 is 5.41. The third-order valence-electron chi connectivity index (χ3n) is 3.98. The molecule has 3 nitrogen and oxygen atoms in total. The van der Waals surface area contributed by atoms with E-state index in [-0.39, 0.29) is 0 Å². The Balaban J connectivity index is 1.79. The van der Waals surface area contributed by atoms with E-state index in [9.17, 15) is 0 Å². The second-order valence-electron chi connectivity index (χ2n) is 5.94. The van der Waals surface area contributed by atoms with E-state index < -0.39 is 0 Å². The Labute approximate surface area is 132 Å². The van der Waals surface area contributed by atoms with Gasteiger partial charge in [-0.1, -0.05) is 51.9 Å². The van der Waals surface area contributed by atoms with Crippen molar-refractivity contribution >= 4 is 23.4 Å². The van der Waals surface area contributed by atoms with Crippen molar-refractivity contribution in [3.05, 3.63) is 22.6 Å². The molecule has 2 aromatic heterocycles. The van der Waals surface area contributed by atoms with Gasteiger partial charge in [0.05, 0.1) is 5.52 Å². The number of nitrogens with one attached hydrogen (secondary N) is 1. The molecule has 2 aromatic rings. The number of aromatic nitrogens is 3. The first-order valence-electron chi connectivity index (χ1n) is 8.27. The minimum Gasteiger partial charge on any atom is -0.329 e. The van der Waals surface area contributed by atoms with E-state index in [1.54, 1.807) is 0 Å². The standard InChI is InChI=1S/C17H27N3S/c1-3-4-5-6-7-8-9-10-11-20-16-15(19-17(20)21)12-14(2)13-18-16/h12-13H,3-11H2,1-2H3,(H,19,21). The zero-order valence-corrected chi connectivity index (χ0v) is 14.1. The Hall–Kier alpha value is -1.16. The molecule has 21 heavy (non-hydrogen) atoms. The van der Waals surface area contributed by atoms with E-state index >= 15 is 0 Å². The number of aromatic amines is 1. The van der Waals surface area contributed by atoms with E-state index in [1.165, 1.54) is 51.4 Å². The summed E-state index contributed by atoms with van der Waals surface area (Å²) in [6.45, 7) is 5.30. The largest absolute Gasteiger partial charge is 0.329 e. The number of hydrogen-bond donors (Lipinski definition) is 1. The summed E-state index contributed by atoms with van der Waals surface area (Å²) < 4.78 is 2.94. The molecule has 0 aliphatic rings. The lowest BCUT2D eigenvalue weighted by atomic mass is 10.1. The maximum Gasteiger partial charge on any atom is 0.179 e. The van der Waals surface area contributed by atoms with Gasteiger partial charge in [0, 0.05) is 12.7 Å². The van der Waals surface area contributed by atoms with E-state index in [0.717, 1.165) is 28.0 Å². The highest BCUT2D eigenvalue weighted by Gasteiger charge is 2.05. The molecule has 0 radical (unpaired) electrons. The van der Waals surface area contributed by atoms with Crippen LogP contribution in [0, 0.1) is 11.7 Å². The molecule has 0 unspecified atom stereocenters. The Kier molecular flexibility index (Phi) is 6.43. The number of pyridine rings is 1. The maximum absolute atomic E-state index is 5.41. The lowest BCUT2D eigenvalue weighted by Crippen LogP contribution is -1.99. The molecule has 0 aromatic carbocycles. The van der Waals surface area contributed by atoms with Crippen molar-refractivity contribution in [2.24, 2.45) is 0 Å². The van der Waals surface area contributed by atoms with Crippen molar-refractivity contribution in [2.45, 2.75) is 71.8 Å². The van der Waals surface area contributed by atoms with E-state index in [2.05, 4.69) is 34.4 Å². The lowest BCUT2D eigenvalue weighted by Gasteiger charge is -2.04. The zero-order valence-electron chi connectivity index (χ0n) is 13.3. The third kappa shape index (κ3) is 4.67. The zero-order chi connectivity index (χ0) is 15.1. The lowest BCUT2D eigenvalue weighted by molar-refractivity contribution is 0.545. The number of fused-ring (bicyclic) bond motifs is 1. The minimum absolute atomic E-state index is 0.797. The first-order valence-corrected chi connectivity index (χ1v) is 8.68. The molecule has 4 heteroatoms. The number of imidazole rings is 1. The van der Waals surface area contributed by atoms with Crippen LogP contribution in [0.15, 0.2) is 12.3 Å². The molecule has 0 atom stereocenters. The highest BCUT2D eigenvalue weighted by molar-refractivity contribution is 7.71. The van der Waals surface area contributed by atoms with Gasteiger partial charge >= 0.3 is 0 Å². The highest BCUT2D eigenvalue weighted by Crippen LogP contribution is 2.15. The number of nitrogens with zero attached hydrogens (tertiary/aromatic N) is 2. The van der Waals surface area contributed by atoms with Crippen LogP contribution in [0.3, 0.4) is 0 Å². The number of hydrogen-bond acceptors (Lipinski definition) is 2. The second kappa shape index (κ2) is 8.32. The molecule has 0 fully saturated rings. The average Bonchev–Trinajstić information content (AvgIpc) is 2.76. The minimum atomic E-state index is 0.797. The molecule has 0 spiro atoms. The SMILES string of the molecule is CCCCCCCCCCn1c(=S)[nH]c2cc(C)cnc21. The van der Waals surface area contributed by atoms with Crippen LogP contribution >= 0.6 is 12.2 Å². The quantitative estimate of drug-likeness (QED) is 0.487. The number of unbranched alkanes of at least 4 members (excludes halogenated alkanes) is 7. The van der Waals surface area contributed by atoms with Crippen LogP contribution in [-0.4, -0.2) is 14.5 Å². The van der Waals surface area contributed by atoms with E-state index in [0.29, 0.717) is 0 Å². The van der Waals surface area contributed by atoms with Crippen LogP contribution in [0.2, 0.25) is 0 Å². The topological polar surface area (TPSA) is 33.6 Å². The first kappa shape index (κ1) is 16.2. The van der Waals surface area contributed by atoms with Crippen molar-refractivity contribution < 1.29 is 0 Å². The van der Waals surface area contributed by atoms with Crippen LogP contribution in [0.5, 0.6) is 0 Å². The molecule has 2 heterocycles. The summed E-state index contributed by atoms with van der Waals surface area (Å²) in [6, 6.07) is 2.11. The molecule has 0 saturated heterocycles. The summed E-state index contributed by atoms with van der Waals surface area (Å²) in [6.07, 6.45) is 12.6. The second-order valence-corrected chi connectivity index (χ2v) is 6.33. The maximum atomic E-state index is 5.41. The first-order chi connectivity index (χ1) is 10.2. The summed E-state index contributed by atoms with van der Waals surface area (Å²) in [7, 11) is 0. The fourth-order valence-electron chi connectivity index (χ4n) is 2.76. The van der Waals surface area contributed by atoms with Gasteiger partial charge in [0.15, 0.2) is 10.4 Å². The monoisotopic (exact) mass is 305 g/mol. The normalized spacial score (nSPS) is 11.3. The number of H-pyrrole nitrogens is 1. The number of rotatable bonds is 9. The van der Waals surface area contributed by atoms with Gasteiger partial charge in [0.1, 0.15) is 0 Å². The fourth-order valence-corrected chi connectivity index (χ4v) is 3.05. The predicted octanol–water partition coefficient (Wildman–Crippen LogP) is 5.54. The molecular formula is C17H27N3S. The molecule has 0 aliphatic carbocycles. The van der Waals surface area contributed by atoms with Crippen molar-refractivity contribution in [1.29, 1.82) is 0 Å². The molecule has 0 saturated carbocycles. The van der Waals surface area contributed by atoms with Gasteiger partial charge in [-0.3, -0.25) is 0 Å². The van der Waals surface area contributed by atoms with E-state index in [4.69, 9.17) is 12.2 Å². The molecule has 0 amide bonds. The Bertz CT molecular complexity index is 612. The average molecular weight is 305 g/mol. The Morgan fingerprint density at radius 3 is 2.48 bits per heavy atom.